The molecular weight excluding hydrogens is 340 g/mol. The predicted octanol–water partition coefficient (Wildman–Crippen LogP) is 4.13. The highest BCUT2D eigenvalue weighted by Crippen LogP contribution is 2.30. The average molecular weight is 361 g/mol. The molecule has 25 heavy (non-hydrogen) atoms. The number of anilines is 3. The monoisotopic (exact) mass is 360 g/mol. The number of hydrogen-bond donors (Lipinski definition) is 1. The zero-order chi connectivity index (χ0) is 17.8. The molecule has 1 N–H and O–H groups in total. The van der Waals surface area contributed by atoms with Crippen LogP contribution in [0.3, 0.4) is 0 Å². The van der Waals surface area contributed by atoms with Crippen LogP contribution in [-0.2, 0) is 0 Å². The normalized spacial score (nSPS) is 15.2. The lowest BCUT2D eigenvalue weighted by Gasteiger charge is -2.35. The molecule has 7 heteroatoms. The molecule has 0 radical (unpaired) electrons. The molecule has 2 aromatic carbocycles. The number of nitrogens with zero attached hydrogens (tertiary/aromatic N) is 3. The van der Waals surface area contributed by atoms with E-state index in [0.29, 0.717) is 10.7 Å². The third kappa shape index (κ3) is 4.21. The first-order valence-electron chi connectivity index (χ1n) is 8.35. The molecule has 0 atom stereocenters. The van der Waals surface area contributed by atoms with E-state index in [1.54, 1.807) is 6.07 Å². The molecule has 1 aliphatic rings. The minimum atomic E-state index is -0.456. The Balaban J connectivity index is 1.66. The van der Waals surface area contributed by atoms with E-state index in [0.717, 1.165) is 38.4 Å². The van der Waals surface area contributed by atoms with Crippen molar-refractivity contribution in [1.82, 2.24) is 4.90 Å². The average Bonchev–Trinajstić information content (AvgIpc) is 2.64. The van der Waals surface area contributed by atoms with E-state index < -0.39 is 4.92 Å². The number of nitrogens with one attached hydrogen (secondary N) is 1. The fourth-order valence-corrected chi connectivity index (χ4v) is 3.17. The fraction of sp³-hybridized carbons (Fsp3) is 0.333. The van der Waals surface area contributed by atoms with Gasteiger partial charge in [0.25, 0.3) is 5.69 Å². The first-order valence-corrected chi connectivity index (χ1v) is 8.73. The number of nitro groups is 1. The summed E-state index contributed by atoms with van der Waals surface area (Å²) in [5.74, 6) is 0. The van der Waals surface area contributed by atoms with Gasteiger partial charge >= 0.3 is 0 Å². The Labute approximate surface area is 152 Å². The Morgan fingerprint density at radius 3 is 2.36 bits per heavy atom. The second kappa shape index (κ2) is 7.72. The van der Waals surface area contributed by atoms with Crippen molar-refractivity contribution in [2.75, 3.05) is 42.9 Å². The van der Waals surface area contributed by atoms with Crippen LogP contribution < -0.4 is 10.2 Å². The second-order valence-electron chi connectivity index (χ2n) is 6.01. The van der Waals surface area contributed by atoms with Crippen LogP contribution >= 0.6 is 11.6 Å². The van der Waals surface area contributed by atoms with Crippen molar-refractivity contribution >= 4 is 34.4 Å². The molecule has 1 saturated heterocycles. The molecule has 6 nitrogen and oxygen atoms in total. The second-order valence-corrected chi connectivity index (χ2v) is 6.42. The molecular formula is C18H21ClN4O2. The van der Waals surface area contributed by atoms with Gasteiger partial charge in [0.15, 0.2) is 0 Å². The van der Waals surface area contributed by atoms with Gasteiger partial charge in [-0.05, 0) is 36.9 Å². The maximum Gasteiger partial charge on any atom is 0.271 e. The number of likely N-dealkylation sites (N-methyl/N-ethyl adjacent to an activating group) is 1. The van der Waals surface area contributed by atoms with E-state index in [2.05, 4.69) is 34.2 Å². The minimum absolute atomic E-state index is 0.0166. The topological polar surface area (TPSA) is 61.6 Å². The number of benzene rings is 2. The van der Waals surface area contributed by atoms with Crippen molar-refractivity contribution in [3.63, 3.8) is 0 Å². The lowest BCUT2D eigenvalue weighted by atomic mass is 10.2. The summed E-state index contributed by atoms with van der Waals surface area (Å²) in [4.78, 5) is 15.1. The molecule has 132 valence electrons. The van der Waals surface area contributed by atoms with Crippen LogP contribution in [0.25, 0.3) is 0 Å². The highest BCUT2D eigenvalue weighted by molar-refractivity contribution is 6.33. The van der Waals surface area contributed by atoms with Crippen LogP contribution in [0.1, 0.15) is 6.92 Å². The van der Waals surface area contributed by atoms with Crippen molar-refractivity contribution in [2.24, 2.45) is 0 Å². The molecule has 0 unspecified atom stereocenters. The van der Waals surface area contributed by atoms with Gasteiger partial charge in [0.1, 0.15) is 0 Å². The number of nitro benzene ring substituents is 1. The highest BCUT2D eigenvalue weighted by atomic mass is 35.5. The SMILES string of the molecule is CCN1CCN(c2ccc(Nc3ccc([N+](=O)[O-])cc3Cl)cc2)CC1. The van der Waals surface area contributed by atoms with E-state index >= 15 is 0 Å². The Morgan fingerprint density at radius 1 is 1.12 bits per heavy atom. The predicted molar refractivity (Wildman–Crippen MR) is 102 cm³/mol. The third-order valence-electron chi connectivity index (χ3n) is 4.49. The molecule has 0 spiro atoms. The smallest absolute Gasteiger partial charge is 0.271 e. The van der Waals surface area contributed by atoms with Crippen molar-refractivity contribution in [1.29, 1.82) is 0 Å². The Morgan fingerprint density at radius 2 is 1.80 bits per heavy atom. The molecule has 0 aliphatic carbocycles. The van der Waals surface area contributed by atoms with Crippen molar-refractivity contribution in [3.05, 3.63) is 57.6 Å². The summed E-state index contributed by atoms with van der Waals surface area (Å²) >= 11 is 6.12. The van der Waals surface area contributed by atoms with Gasteiger partial charge in [-0.2, -0.15) is 0 Å². The summed E-state index contributed by atoms with van der Waals surface area (Å²) in [6, 6.07) is 12.6. The zero-order valence-electron chi connectivity index (χ0n) is 14.1. The van der Waals surface area contributed by atoms with Crippen LogP contribution in [-0.4, -0.2) is 42.5 Å². The van der Waals surface area contributed by atoms with Crippen molar-refractivity contribution < 1.29 is 4.92 Å². The molecule has 2 aromatic rings. The number of piperazine rings is 1. The van der Waals surface area contributed by atoms with Crippen molar-refractivity contribution in [3.8, 4) is 0 Å². The van der Waals surface area contributed by atoms with Gasteiger partial charge in [0.05, 0.1) is 15.6 Å². The molecule has 0 saturated carbocycles. The quantitative estimate of drug-likeness (QED) is 0.641. The van der Waals surface area contributed by atoms with E-state index in [-0.39, 0.29) is 5.69 Å². The van der Waals surface area contributed by atoms with Crippen LogP contribution in [0.15, 0.2) is 42.5 Å². The van der Waals surface area contributed by atoms with Gasteiger partial charge in [0.2, 0.25) is 0 Å². The van der Waals surface area contributed by atoms with E-state index in [9.17, 15) is 10.1 Å². The standard InChI is InChI=1S/C18H21ClN4O2/c1-2-21-9-11-22(12-10-21)15-5-3-14(4-6-15)20-18-8-7-16(23(24)25)13-17(18)19/h3-8,13,20H,2,9-12H2,1H3. The molecule has 0 amide bonds. The third-order valence-corrected chi connectivity index (χ3v) is 4.81. The van der Waals surface area contributed by atoms with Gasteiger partial charge in [-0.25, -0.2) is 0 Å². The lowest BCUT2D eigenvalue weighted by molar-refractivity contribution is -0.384. The van der Waals surface area contributed by atoms with Crippen LogP contribution in [0.2, 0.25) is 5.02 Å². The molecule has 0 bridgehead atoms. The molecule has 1 aliphatic heterocycles. The number of halogens is 1. The summed E-state index contributed by atoms with van der Waals surface area (Å²) in [6.45, 7) is 7.56. The minimum Gasteiger partial charge on any atom is -0.369 e. The van der Waals surface area contributed by atoms with Gasteiger partial charge in [0, 0.05) is 49.7 Å². The molecule has 1 heterocycles. The largest absolute Gasteiger partial charge is 0.369 e. The van der Waals surface area contributed by atoms with E-state index in [4.69, 9.17) is 11.6 Å². The maximum absolute atomic E-state index is 10.8. The lowest BCUT2D eigenvalue weighted by Crippen LogP contribution is -2.46. The van der Waals surface area contributed by atoms with Crippen LogP contribution in [0.4, 0.5) is 22.7 Å². The van der Waals surface area contributed by atoms with Gasteiger partial charge in [-0.1, -0.05) is 18.5 Å². The molecule has 0 aromatic heterocycles. The first kappa shape index (κ1) is 17.5. The Bertz CT molecular complexity index is 743. The van der Waals surface area contributed by atoms with Gasteiger partial charge in [-0.3, -0.25) is 10.1 Å². The summed E-state index contributed by atoms with van der Waals surface area (Å²) in [5, 5.41) is 14.3. The number of hydrogen-bond acceptors (Lipinski definition) is 5. The Kier molecular flexibility index (Phi) is 5.40. The summed E-state index contributed by atoms with van der Waals surface area (Å²) in [6.07, 6.45) is 0. The summed E-state index contributed by atoms with van der Waals surface area (Å²) in [7, 11) is 0. The molecule has 3 rings (SSSR count). The van der Waals surface area contributed by atoms with Gasteiger partial charge in [-0.15, -0.1) is 0 Å². The van der Waals surface area contributed by atoms with Crippen LogP contribution in [0, 0.1) is 10.1 Å². The maximum atomic E-state index is 10.8. The number of non-ortho nitro benzene ring substituents is 1. The summed E-state index contributed by atoms with van der Waals surface area (Å²) < 4.78 is 0. The van der Waals surface area contributed by atoms with E-state index in [1.165, 1.54) is 17.8 Å². The summed E-state index contributed by atoms with van der Waals surface area (Å²) in [5.41, 5.74) is 2.73. The van der Waals surface area contributed by atoms with E-state index in [1.807, 2.05) is 12.1 Å². The van der Waals surface area contributed by atoms with Gasteiger partial charge < -0.3 is 15.1 Å². The van der Waals surface area contributed by atoms with Crippen molar-refractivity contribution in [2.45, 2.75) is 6.92 Å². The fourth-order valence-electron chi connectivity index (χ4n) is 2.95. The first-order chi connectivity index (χ1) is 12.1. The zero-order valence-corrected chi connectivity index (χ0v) is 14.9. The Hall–Kier alpha value is -2.31. The van der Waals surface area contributed by atoms with Crippen LogP contribution in [0.5, 0.6) is 0 Å². The molecule has 1 fully saturated rings. The highest BCUT2D eigenvalue weighted by Gasteiger charge is 2.15. The number of rotatable bonds is 5.